The molecule has 20 heavy (non-hydrogen) atoms. The highest BCUT2D eigenvalue weighted by atomic mass is 31.1. The molecule has 1 atom stereocenters. The standard InChI is InChI=1S/C7H8F9O3P/c1-20(17)19-3-5(10,11)7(15,16)18-2-4(8,9)6(12,13)14/h20H,2-3H2,1H3. The van der Waals surface area contributed by atoms with Crippen molar-refractivity contribution in [3.63, 3.8) is 0 Å². The van der Waals surface area contributed by atoms with Gasteiger partial charge in [-0.25, -0.2) is 0 Å². The predicted octanol–water partition coefficient (Wildman–Crippen LogP) is 3.55. The molecule has 1 unspecified atom stereocenters. The second kappa shape index (κ2) is 6.10. The van der Waals surface area contributed by atoms with Crippen molar-refractivity contribution in [1.82, 2.24) is 0 Å². The van der Waals surface area contributed by atoms with E-state index in [1.165, 1.54) is 0 Å². The lowest BCUT2D eigenvalue weighted by Crippen LogP contribution is -2.50. The van der Waals surface area contributed by atoms with Crippen LogP contribution in [0.25, 0.3) is 0 Å². The van der Waals surface area contributed by atoms with Crippen molar-refractivity contribution in [2.45, 2.75) is 24.1 Å². The monoisotopic (exact) mass is 342 g/mol. The van der Waals surface area contributed by atoms with Crippen molar-refractivity contribution in [1.29, 1.82) is 0 Å². The molecule has 0 N–H and O–H groups in total. The number of rotatable bonds is 7. The summed E-state index contributed by atoms with van der Waals surface area (Å²) in [6, 6.07) is 0. The fourth-order valence-corrected chi connectivity index (χ4v) is 1.03. The Morgan fingerprint density at radius 3 is 1.65 bits per heavy atom. The third-order valence-electron chi connectivity index (χ3n) is 1.73. The summed E-state index contributed by atoms with van der Waals surface area (Å²) in [4.78, 5) is 0. The van der Waals surface area contributed by atoms with Gasteiger partial charge in [-0.15, -0.1) is 0 Å². The topological polar surface area (TPSA) is 35.5 Å². The third-order valence-corrected chi connectivity index (χ3v) is 2.28. The summed E-state index contributed by atoms with van der Waals surface area (Å²) in [5.41, 5.74) is 0. The molecule has 0 aliphatic carbocycles. The first kappa shape index (κ1) is 19.5. The normalized spacial score (nSPS) is 16.3. The minimum atomic E-state index is -6.23. The zero-order chi connectivity index (χ0) is 16.4. The third kappa shape index (κ3) is 5.13. The SMILES string of the molecule is C[PH](=O)OCC(F)(F)C(F)(F)OCC(F)(F)C(F)(F)F. The molecule has 0 aliphatic heterocycles. The minimum Gasteiger partial charge on any atom is -0.324 e. The first-order chi connectivity index (χ1) is 8.62. The van der Waals surface area contributed by atoms with Crippen molar-refractivity contribution < 1.29 is 53.3 Å². The summed E-state index contributed by atoms with van der Waals surface area (Å²) in [6.07, 6.45) is -11.9. The fraction of sp³-hybridized carbons (Fsp3) is 1.00. The van der Waals surface area contributed by atoms with Crippen LogP contribution in [0.1, 0.15) is 0 Å². The van der Waals surface area contributed by atoms with Gasteiger partial charge in [0.1, 0.15) is 13.2 Å². The maximum absolute atomic E-state index is 12.8. The van der Waals surface area contributed by atoms with Gasteiger partial charge in [0.15, 0.2) is 8.03 Å². The molecule has 0 aromatic heterocycles. The van der Waals surface area contributed by atoms with E-state index >= 15 is 0 Å². The maximum atomic E-state index is 12.8. The lowest BCUT2D eigenvalue weighted by Gasteiger charge is -2.28. The van der Waals surface area contributed by atoms with Gasteiger partial charge in [0, 0.05) is 6.66 Å². The van der Waals surface area contributed by atoms with E-state index in [9.17, 15) is 44.1 Å². The molecule has 0 fully saturated rings. The van der Waals surface area contributed by atoms with Crippen LogP contribution in [-0.4, -0.2) is 44.0 Å². The van der Waals surface area contributed by atoms with Crippen LogP contribution in [0.2, 0.25) is 0 Å². The second-order valence-corrected chi connectivity index (χ2v) is 4.76. The molecule has 0 amide bonds. The lowest BCUT2D eigenvalue weighted by atomic mass is 10.3. The molecule has 0 aromatic carbocycles. The van der Waals surface area contributed by atoms with Crippen LogP contribution in [0.3, 0.4) is 0 Å². The fourth-order valence-electron chi connectivity index (χ4n) is 0.645. The van der Waals surface area contributed by atoms with E-state index in [1.54, 1.807) is 0 Å². The smallest absolute Gasteiger partial charge is 0.324 e. The average molecular weight is 342 g/mol. The molecule has 0 spiro atoms. The number of hydrogen-bond donors (Lipinski definition) is 0. The van der Waals surface area contributed by atoms with Gasteiger partial charge < -0.3 is 9.26 Å². The Morgan fingerprint density at radius 1 is 0.850 bits per heavy atom. The zero-order valence-corrected chi connectivity index (χ0v) is 10.5. The summed E-state index contributed by atoms with van der Waals surface area (Å²) in [5, 5.41) is 0. The van der Waals surface area contributed by atoms with Crippen molar-refractivity contribution in [2.75, 3.05) is 19.9 Å². The second-order valence-electron chi connectivity index (χ2n) is 3.49. The Balaban J connectivity index is 4.77. The lowest BCUT2D eigenvalue weighted by molar-refractivity contribution is -0.383. The van der Waals surface area contributed by atoms with E-state index in [0.717, 1.165) is 6.66 Å². The molecule has 0 saturated carbocycles. The molecule has 0 radical (unpaired) electrons. The van der Waals surface area contributed by atoms with Gasteiger partial charge in [0.25, 0.3) is 0 Å². The molecule has 122 valence electrons. The summed E-state index contributed by atoms with van der Waals surface area (Å²) in [7, 11) is -3.04. The molecule has 0 aliphatic rings. The first-order valence-corrected chi connectivity index (χ1v) is 6.41. The van der Waals surface area contributed by atoms with Crippen molar-refractivity contribution in [2.24, 2.45) is 0 Å². The molecule has 0 aromatic rings. The Labute approximate surface area is 106 Å². The number of ether oxygens (including phenoxy) is 1. The minimum absolute atomic E-state index is 0.775. The molecule has 0 saturated heterocycles. The highest BCUT2D eigenvalue weighted by Crippen LogP contribution is 2.41. The average Bonchev–Trinajstić information content (AvgIpc) is 2.22. The van der Waals surface area contributed by atoms with Crippen LogP contribution in [0.5, 0.6) is 0 Å². The largest absolute Gasteiger partial charge is 0.455 e. The van der Waals surface area contributed by atoms with E-state index in [2.05, 4.69) is 9.26 Å². The van der Waals surface area contributed by atoms with Crippen molar-refractivity contribution in [3.05, 3.63) is 0 Å². The molecule has 13 heteroatoms. The highest BCUT2D eigenvalue weighted by molar-refractivity contribution is 7.38. The van der Waals surface area contributed by atoms with Gasteiger partial charge >= 0.3 is 24.1 Å². The van der Waals surface area contributed by atoms with Gasteiger partial charge in [-0.3, -0.25) is 4.57 Å². The van der Waals surface area contributed by atoms with Crippen LogP contribution >= 0.6 is 8.03 Å². The van der Waals surface area contributed by atoms with E-state index in [-0.39, 0.29) is 0 Å². The molecular formula is C7H8F9O3P. The van der Waals surface area contributed by atoms with Crippen LogP contribution in [-0.2, 0) is 13.8 Å². The van der Waals surface area contributed by atoms with Gasteiger partial charge in [-0.05, 0) is 0 Å². The predicted molar refractivity (Wildman–Crippen MR) is 47.7 cm³/mol. The summed E-state index contributed by atoms with van der Waals surface area (Å²) >= 11 is 0. The van der Waals surface area contributed by atoms with E-state index in [0.29, 0.717) is 0 Å². The van der Waals surface area contributed by atoms with E-state index in [4.69, 9.17) is 0 Å². The van der Waals surface area contributed by atoms with Crippen molar-refractivity contribution >= 4 is 8.03 Å². The first-order valence-electron chi connectivity index (χ1n) is 4.60. The highest BCUT2D eigenvalue weighted by Gasteiger charge is 2.63. The number of halogens is 9. The summed E-state index contributed by atoms with van der Waals surface area (Å²) in [5.74, 6) is -11.0. The molecule has 0 rings (SSSR count). The van der Waals surface area contributed by atoms with Crippen molar-refractivity contribution in [3.8, 4) is 0 Å². The van der Waals surface area contributed by atoms with Gasteiger partial charge in [0.2, 0.25) is 0 Å². The molecular weight excluding hydrogens is 334 g/mol. The van der Waals surface area contributed by atoms with Crippen LogP contribution in [0.4, 0.5) is 39.5 Å². The number of alkyl halides is 9. The Morgan fingerprint density at radius 2 is 1.30 bits per heavy atom. The van der Waals surface area contributed by atoms with Crippen LogP contribution in [0, 0.1) is 0 Å². The number of hydrogen-bond acceptors (Lipinski definition) is 3. The molecule has 0 heterocycles. The molecule has 0 bridgehead atoms. The van der Waals surface area contributed by atoms with Crippen LogP contribution in [0.15, 0.2) is 0 Å². The summed E-state index contributed by atoms with van der Waals surface area (Å²) in [6.45, 7) is -4.39. The van der Waals surface area contributed by atoms with Crippen LogP contribution < -0.4 is 0 Å². The van der Waals surface area contributed by atoms with Gasteiger partial charge in [-0.2, -0.15) is 39.5 Å². The Bertz CT molecular complexity index is 354. The summed E-state index contributed by atoms with van der Waals surface area (Å²) < 4.78 is 127. The van der Waals surface area contributed by atoms with Gasteiger partial charge in [0.05, 0.1) is 0 Å². The molecule has 3 nitrogen and oxygen atoms in total. The van der Waals surface area contributed by atoms with E-state index < -0.39 is 45.4 Å². The zero-order valence-electron chi connectivity index (χ0n) is 9.54. The Hall–Kier alpha value is -0.480. The maximum Gasteiger partial charge on any atom is 0.455 e. The Kier molecular flexibility index (Phi) is 5.96. The quantitative estimate of drug-likeness (QED) is 0.524. The van der Waals surface area contributed by atoms with E-state index in [1.807, 2.05) is 0 Å². The van der Waals surface area contributed by atoms with Gasteiger partial charge in [-0.1, -0.05) is 0 Å².